The van der Waals surface area contributed by atoms with Gasteiger partial charge in [0.1, 0.15) is 11.6 Å². The number of hydrogen-bond acceptors (Lipinski definition) is 4. The number of carbonyl (C=O) groups is 1. The number of rotatable bonds is 10. The summed E-state index contributed by atoms with van der Waals surface area (Å²) >= 11 is 0. The first-order valence-corrected chi connectivity index (χ1v) is 12.5. The summed E-state index contributed by atoms with van der Waals surface area (Å²) in [7, 11) is -2.01. The molecule has 1 aliphatic heterocycles. The van der Waals surface area contributed by atoms with Crippen molar-refractivity contribution in [2.24, 2.45) is 0 Å². The van der Waals surface area contributed by atoms with Crippen molar-refractivity contribution in [3.8, 4) is 5.75 Å². The quantitative estimate of drug-likeness (QED) is 0.547. The molecule has 174 valence electrons. The van der Waals surface area contributed by atoms with Gasteiger partial charge in [0, 0.05) is 26.1 Å². The van der Waals surface area contributed by atoms with Crippen molar-refractivity contribution in [2.45, 2.75) is 49.8 Å². The van der Waals surface area contributed by atoms with Crippen molar-refractivity contribution in [3.05, 3.63) is 59.4 Å². The van der Waals surface area contributed by atoms with E-state index in [0.717, 1.165) is 37.7 Å². The molecule has 3 rings (SSSR count). The Morgan fingerprint density at radius 2 is 1.78 bits per heavy atom. The van der Waals surface area contributed by atoms with Crippen LogP contribution in [0.2, 0.25) is 0 Å². The van der Waals surface area contributed by atoms with Crippen LogP contribution in [0.25, 0.3) is 0 Å². The molecule has 1 saturated heterocycles. The van der Waals surface area contributed by atoms with E-state index < -0.39 is 10.0 Å². The van der Waals surface area contributed by atoms with Gasteiger partial charge >= 0.3 is 0 Å². The number of hydrogen-bond donors (Lipinski definition) is 1. The Balaban J connectivity index is 1.53. The van der Waals surface area contributed by atoms with Crippen molar-refractivity contribution in [1.82, 2.24) is 9.62 Å². The molecular formula is C24H31FN2O4S. The third-order valence-electron chi connectivity index (χ3n) is 5.70. The molecule has 2 aromatic rings. The second-order valence-corrected chi connectivity index (χ2v) is 9.96. The Morgan fingerprint density at radius 3 is 2.47 bits per heavy atom. The zero-order chi connectivity index (χ0) is 23.0. The number of nitrogens with one attached hydrogen (secondary N) is 1. The second-order valence-electron chi connectivity index (χ2n) is 8.02. The molecule has 0 radical (unpaired) electrons. The summed E-state index contributed by atoms with van der Waals surface area (Å²) in [6, 6.07) is 11.2. The maximum absolute atomic E-state index is 13.0. The van der Waals surface area contributed by atoms with Gasteiger partial charge in [-0.15, -0.1) is 0 Å². The molecule has 0 atom stereocenters. The van der Waals surface area contributed by atoms with Crippen molar-refractivity contribution >= 4 is 15.9 Å². The van der Waals surface area contributed by atoms with Gasteiger partial charge in [0.05, 0.1) is 12.0 Å². The van der Waals surface area contributed by atoms with Crippen LogP contribution >= 0.6 is 0 Å². The highest BCUT2D eigenvalue weighted by atomic mass is 32.2. The number of aryl methyl sites for hydroxylation is 2. The van der Waals surface area contributed by atoms with E-state index in [4.69, 9.17) is 4.74 Å². The molecule has 1 aliphatic rings. The van der Waals surface area contributed by atoms with Crippen molar-refractivity contribution in [2.75, 3.05) is 26.7 Å². The molecule has 0 spiro atoms. The molecule has 1 N–H and O–H groups in total. The minimum atomic E-state index is -3.54. The van der Waals surface area contributed by atoms with Gasteiger partial charge in [0.2, 0.25) is 15.9 Å². The number of piperidine rings is 1. The molecule has 0 saturated carbocycles. The Hall–Kier alpha value is -2.45. The molecular weight excluding hydrogens is 431 g/mol. The van der Waals surface area contributed by atoms with E-state index in [0.29, 0.717) is 37.4 Å². The second kappa shape index (κ2) is 11.4. The highest BCUT2D eigenvalue weighted by Gasteiger charge is 2.26. The maximum atomic E-state index is 13.0. The predicted molar refractivity (Wildman–Crippen MR) is 122 cm³/mol. The van der Waals surface area contributed by atoms with Gasteiger partial charge in [-0.25, -0.2) is 12.8 Å². The average Bonchev–Trinajstić information content (AvgIpc) is 2.82. The van der Waals surface area contributed by atoms with Crippen molar-refractivity contribution in [3.63, 3.8) is 0 Å². The first-order valence-electron chi connectivity index (χ1n) is 11.1. The molecule has 1 heterocycles. The lowest BCUT2D eigenvalue weighted by Gasteiger charge is -2.26. The SMILES string of the molecule is COc1ccc(S(=O)(=O)N2CCCCC2)cc1CCC(=O)NCCCc1ccc(F)cc1. The zero-order valence-corrected chi connectivity index (χ0v) is 19.3. The van der Waals surface area contributed by atoms with Crippen LogP contribution in [-0.2, 0) is 27.7 Å². The summed E-state index contributed by atoms with van der Waals surface area (Å²) < 4.78 is 45.8. The van der Waals surface area contributed by atoms with Crippen LogP contribution in [-0.4, -0.2) is 45.4 Å². The molecule has 2 aromatic carbocycles. The monoisotopic (exact) mass is 462 g/mol. The number of carbonyl (C=O) groups excluding carboxylic acids is 1. The number of ether oxygens (including phenoxy) is 1. The van der Waals surface area contributed by atoms with Crippen molar-refractivity contribution < 1.29 is 22.3 Å². The molecule has 0 aromatic heterocycles. The standard InChI is InChI=1S/C24H31FN2O4S/c1-31-23-13-12-22(32(29,30)27-16-3-2-4-17-27)18-20(23)9-14-24(28)26-15-5-6-19-7-10-21(25)11-8-19/h7-8,10-13,18H,2-6,9,14-17H2,1H3,(H,26,28). The molecule has 0 unspecified atom stereocenters. The first-order chi connectivity index (χ1) is 15.4. The summed E-state index contributed by atoms with van der Waals surface area (Å²) in [5.41, 5.74) is 1.73. The summed E-state index contributed by atoms with van der Waals surface area (Å²) in [5, 5.41) is 2.89. The molecule has 6 nitrogen and oxygen atoms in total. The fourth-order valence-electron chi connectivity index (χ4n) is 3.87. The number of nitrogens with zero attached hydrogens (tertiary/aromatic N) is 1. The van der Waals surface area contributed by atoms with Crippen LogP contribution in [0.3, 0.4) is 0 Å². The normalized spacial score (nSPS) is 14.8. The Bertz CT molecular complexity index is 1000. The minimum Gasteiger partial charge on any atom is -0.496 e. The van der Waals surface area contributed by atoms with Crippen LogP contribution in [0.4, 0.5) is 4.39 Å². The third kappa shape index (κ3) is 6.53. The number of sulfonamides is 1. The lowest BCUT2D eigenvalue weighted by Crippen LogP contribution is -2.35. The van der Waals surface area contributed by atoms with Crippen LogP contribution in [0.1, 0.15) is 43.2 Å². The van der Waals surface area contributed by atoms with E-state index in [1.54, 1.807) is 30.3 Å². The van der Waals surface area contributed by atoms with E-state index in [1.165, 1.54) is 23.5 Å². The lowest BCUT2D eigenvalue weighted by atomic mass is 10.1. The fraction of sp³-hybridized carbons (Fsp3) is 0.458. The molecule has 0 bridgehead atoms. The van der Waals surface area contributed by atoms with Gasteiger partial charge in [-0.2, -0.15) is 4.31 Å². The van der Waals surface area contributed by atoms with E-state index in [-0.39, 0.29) is 23.0 Å². The number of benzene rings is 2. The number of methoxy groups -OCH3 is 1. The topological polar surface area (TPSA) is 75.7 Å². The van der Waals surface area contributed by atoms with Crippen LogP contribution in [0.15, 0.2) is 47.4 Å². The van der Waals surface area contributed by atoms with Gasteiger partial charge in [-0.3, -0.25) is 4.79 Å². The molecule has 32 heavy (non-hydrogen) atoms. The largest absolute Gasteiger partial charge is 0.496 e. The summed E-state index contributed by atoms with van der Waals surface area (Å²) in [6.07, 6.45) is 4.94. The van der Waals surface area contributed by atoms with Gasteiger partial charge in [0.25, 0.3) is 0 Å². The Kier molecular flexibility index (Phi) is 8.64. The van der Waals surface area contributed by atoms with Crippen LogP contribution in [0, 0.1) is 5.82 Å². The van der Waals surface area contributed by atoms with Crippen molar-refractivity contribution in [1.29, 1.82) is 0 Å². The average molecular weight is 463 g/mol. The van der Waals surface area contributed by atoms with E-state index in [1.807, 2.05) is 0 Å². The van der Waals surface area contributed by atoms with Gasteiger partial charge < -0.3 is 10.1 Å². The lowest BCUT2D eigenvalue weighted by molar-refractivity contribution is -0.121. The van der Waals surface area contributed by atoms with Gasteiger partial charge in [0.15, 0.2) is 0 Å². The molecule has 1 amide bonds. The molecule has 0 aliphatic carbocycles. The maximum Gasteiger partial charge on any atom is 0.243 e. The molecule has 8 heteroatoms. The van der Waals surface area contributed by atoms with Gasteiger partial charge in [-0.1, -0.05) is 18.6 Å². The fourth-order valence-corrected chi connectivity index (χ4v) is 5.44. The van der Waals surface area contributed by atoms with E-state index in [2.05, 4.69) is 5.32 Å². The minimum absolute atomic E-state index is 0.101. The van der Waals surface area contributed by atoms with Crippen LogP contribution in [0.5, 0.6) is 5.75 Å². The number of halogens is 1. The van der Waals surface area contributed by atoms with E-state index in [9.17, 15) is 17.6 Å². The highest BCUT2D eigenvalue weighted by molar-refractivity contribution is 7.89. The highest BCUT2D eigenvalue weighted by Crippen LogP contribution is 2.27. The Morgan fingerprint density at radius 1 is 1.06 bits per heavy atom. The Labute approximate surface area is 189 Å². The smallest absolute Gasteiger partial charge is 0.243 e. The third-order valence-corrected chi connectivity index (χ3v) is 7.60. The number of amides is 1. The summed E-state index contributed by atoms with van der Waals surface area (Å²) in [4.78, 5) is 12.5. The summed E-state index contributed by atoms with van der Waals surface area (Å²) in [5.74, 6) is 0.215. The molecule has 1 fully saturated rings. The van der Waals surface area contributed by atoms with E-state index >= 15 is 0 Å². The zero-order valence-electron chi connectivity index (χ0n) is 18.5. The summed E-state index contributed by atoms with van der Waals surface area (Å²) in [6.45, 7) is 1.62. The predicted octanol–water partition coefficient (Wildman–Crippen LogP) is 3.69. The first kappa shape index (κ1) is 24.2. The van der Waals surface area contributed by atoms with Crippen LogP contribution < -0.4 is 10.1 Å². The van der Waals surface area contributed by atoms with Gasteiger partial charge in [-0.05, 0) is 73.6 Å².